The second-order valence-corrected chi connectivity index (χ2v) is 7.35. The van der Waals surface area contributed by atoms with Gasteiger partial charge in [-0.25, -0.2) is 0 Å². The van der Waals surface area contributed by atoms with Crippen molar-refractivity contribution in [3.05, 3.63) is 42.5 Å². The van der Waals surface area contributed by atoms with Crippen molar-refractivity contribution in [3.8, 4) is 5.75 Å². The fourth-order valence-corrected chi connectivity index (χ4v) is 3.90. The lowest BCUT2D eigenvalue weighted by atomic mass is 9.97. The highest BCUT2D eigenvalue weighted by atomic mass is 16.5. The summed E-state index contributed by atoms with van der Waals surface area (Å²) < 4.78 is 16.9. The molecule has 2 atom stereocenters. The maximum absolute atomic E-state index is 5.75. The first-order valence-corrected chi connectivity index (χ1v) is 10.5. The van der Waals surface area contributed by atoms with Gasteiger partial charge in [0, 0.05) is 57.4 Å². The van der Waals surface area contributed by atoms with Crippen LogP contribution in [-0.2, 0) is 16.0 Å². The summed E-state index contributed by atoms with van der Waals surface area (Å²) in [6, 6.07) is 8.45. The molecule has 3 rings (SSSR count). The molecular weight excluding hydrogens is 368 g/mol. The Balaban J connectivity index is 1.55. The van der Waals surface area contributed by atoms with Crippen LogP contribution < -0.4 is 15.4 Å². The maximum atomic E-state index is 5.75. The van der Waals surface area contributed by atoms with Crippen LogP contribution in [0.3, 0.4) is 0 Å². The minimum Gasteiger partial charge on any atom is -0.489 e. The maximum Gasteiger partial charge on any atom is 0.191 e. The van der Waals surface area contributed by atoms with Crippen molar-refractivity contribution in [3.63, 3.8) is 0 Å². The molecule has 7 nitrogen and oxygen atoms in total. The third kappa shape index (κ3) is 6.45. The topological polar surface area (TPSA) is 67.3 Å². The molecule has 2 N–H and O–H groups in total. The van der Waals surface area contributed by atoms with E-state index in [1.807, 2.05) is 18.2 Å². The van der Waals surface area contributed by atoms with E-state index in [1.165, 1.54) is 0 Å². The standard InChI is InChI=1S/C22H34N4O3/c1-3-11-29-21-7-5-4-6-18(21)15-24-22(23-2)25-16-20(19-8-12-28-17-19)26-9-13-27-14-10-26/h3-7,19-20H,1,8-17H2,2H3,(H2,23,24,25). The predicted octanol–water partition coefficient (Wildman–Crippen LogP) is 1.65. The van der Waals surface area contributed by atoms with Gasteiger partial charge in [-0.1, -0.05) is 30.9 Å². The number of nitrogens with one attached hydrogen (secondary N) is 2. The first-order valence-electron chi connectivity index (χ1n) is 10.5. The Labute approximate surface area is 174 Å². The fraction of sp³-hybridized carbons (Fsp3) is 0.591. The minimum absolute atomic E-state index is 0.420. The summed E-state index contributed by atoms with van der Waals surface area (Å²) in [4.78, 5) is 6.93. The fourth-order valence-electron chi connectivity index (χ4n) is 3.90. The van der Waals surface area contributed by atoms with E-state index in [1.54, 1.807) is 13.1 Å². The molecule has 2 saturated heterocycles. The molecule has 2 unspecified atom stereocenters. The number of hydrogen-bond acceptors (Lipinski definition) is 5. The van der Waals surface area contributed by atoms with Gasteiger partial charge in [-0.15, -0.1) is 0 Å². The summed E-state index contributed by atoms with van der Waals surface area (Å²) >= 11 is 0. The largest absolute Gasteiger partial charge is 0.489 e. The Morgan fingerprint density at radius 2 is 2.10 bits per heavy atom. The van der Waals surface area contributed by atoms with Crippen molar-refractivity contribution in [2.45, 2.75) is 19.0 Å². The molecule has 0 aliphatic carbocycles. The molecule has 0 bridgehead atoms. The lowest BCUT2D eigenvalue weighted by molar-refractivity contribution is 0.00246. The van der Waals surface area contributed by atoms with Crippen molar-refractivity contribution in [1.29, 1.82) is 0 Å². The molecule has 29 heavy (non-hydrogen) atoms. The highest BCUT2D eigenvalue weighted by Crippen LogP contribution is 2.22. The molecule has 1 aromatic rings. The van der Waals surface area contributed by atoms with Crippen LogP contribution in [0.2, 0.25) is 0 Å². The van der Waals surface area contributed by atoms with Gasteiger partial charge in [0.2, 0.25) is 0 Å². The van der Waals surface area contributed by atoms with Crippen LogP contribution in [0.5, 0.6) is 5.75 Å². The Hall–Kier alpha value is -2.09. The second-order valence-electron chi connectivity index (χ2n) is 7.35. The number of hydrogen-bond donors (Lipinski definition) is 2. The van der Waals surface area contributed by atoms with Crippen LogP contribution in [0, 0.1) is 5.92 Å². The normalized spacial score (nSPS) is 21.6. The first kappa shape index (κ1) is 21.6. The van der Waals surface area contributed by atoms with Crippen LogP contribution >= 0.6 is 0 Å². The zero-order chi connectivity index (χ0) is 20.3. The number of rotatable bonds is 9. The number of ether oxygens (including phenoxy) is 3. The SMILES string of the molecule is C=CCOc1ccccc1CNC(=NC)NCC(C1CCOC1)N1CCOCC1. The predicted molar refractivity (Wildman–Crippen MR) is 115 cm³/mol. The smallest absolute Gasteiger partial charge is 0.191 e. The van der Waals surface area contributed by atoms with E-state index in [-0.39, 0.29) is 0 Å². The summed E-state index contributed by atoms with van der Waals surface area (Å²) in [5.41, 5.74) is 1.09. The van der Waals surface area contributed by atoms with Gasteiger partial charge in [0.25, 0.3) is 0 Å². The van der Waals surface area contributed by atoms with Crippen molar-refractivity contribution in [2.24, 2.45) is 10.9 Å². The van der Waals surface area contributed by atoms with Crippen molar-refractivity contribution >= 4 is 5.96 Å². The molecule has 2 aliphatic rings. The number of aliphatic imine (C=N–C) groups is 1. The monoisotopic (exact) mass is 402 g/mol. The highest BCUT2D eigenvalue weighted by molar-refractivity contribution is 5.79. The third-order valence-electron chi connectivity index (χ3n) is 5.50. The highest BCUT2D eigenvalue weighted by Gasteiger charge is 2.31. The van der Waals surface area contributed by atoms with Gasteiger partial charge < -0.3 is 24.8 Å². The van der Waals surface area contributed by atoms with Crippen LogP contribution in [0.1, 0.15) is 12.0 Å². The zero-order valence-corrected chi connectivity index (χ0v) is 17.4. The van der Waals surface area contributed by atoms with Gasteiger partial charge >= 0.3 is 0 Å². The molecule has 0 amide bonds. The molecule has 1 aromatic carbocycles. The molecule has 0 saturated carbocycles. The van der Waals surface area contributed by atoms with Gasteiger partial charge in [0.05, 0.1) is 19.8 Å². The summed E-state index contributed by atoms with van der Waals surface area (Å²) in [5, 5.41) is 6.93. The minimum atomic E-state index is 0.420. The van der Waals surface area contributed by atoms with Crippen LogP contribution in [0.25, 0.3) is 0 Å². The van der Waals surface area contributed by atoms with Crippen LogP contribution in [0.4, 0.5) is 0 Å². The zero-order valence-electron chi connectivity index (χ0n) is 17.4. The van der Waals surface area contributed by atoms with Crippen LogP contribution in [0.15, 0.2) is 41.9 Å². The Morgan fingerprint density at radius 3 is 2.83 bits per heavy atom. The molecule has 7 heteroatoms. The third-order valence-corrected chi connectivity index (χ3v) is 5.50. The number of guanidine groups is 1. The second kappa shape index (κ2) is 11.8. The molecule has 2 aliphatic heterocycles. The van der Waals surface area contributed by atoms with E-state index >= 15 is 0 Å². The van der Waals surface area contributed by atoms with E-state index < -0.39 is 0 Å². The average molecular weight is 403 g/mol. The molecule has 160 valence electrons. The van der Waals surface area contributed by atoms with Gasteiger partial charge in [0.15, 0.2) is 5.96 Å². The number of nitrogens with zero attached hydrogens (tertiary/aromatic N) is 2. The number of benzene rings is 1. The van der Waals surface area contributed by atoms with Gasteiger partial charge in [-0.3, -0.25) is 9.89 Å². The van der Waals surface area contributed by atoms with E-state index in [4.69, 9.17) is 14.2 Å². The summed E-state index contributed by atoms with van der Waals surface area (Å²) in [5.74, 6) is 2.21. The molecule has 0 spiro atoms. The quantitative estimate of drug-likeness (QED) is 0.372. The number of para-hydroxylation sites is 1. The lowest BCUT2D eigenvalue weighted by Gasteiger charge is -2.37. The van der Waals surface area contributed by atoms with Gasteiger partial charge in [-0.2, -0.15) is 0 Å². The Kier molecular flexibility index (Phi) is 8.80. The Morgan fingerprint density at radius 1 is 1.28 bits per heavy atom. The van der Waals surface area contributed by atoms with Crippen LogP contribution in [-0.4, -0.2) is 76.6 Å². The van der Waals surface area contributed by atoms with E-state index in [0.29, 0.717) is 25.1 Å². The van der Waals surface area contributed by atoms with E-state index in [9.17, 15) is 0 Å². The van der Waals surface area contributed by atoms with Crippen molar-refractivity contribution in [1.82, 2.24) is 15.5 Å². The summed E-state index contributed by atoms with van der Waals surface area (Å²) in [7, 11) is 1.80. The summed E-state index contributed by atoms with van der Waals surface area (Å²) in [6.45, 7) is 10.9. The lowest BCUT2D eigenvalue weighted by Crippen LogP contribution is -2.53. The molecular formula is C22H34N4O3. The molecule has 0 aromatic heterocycles. The average Bonchev–Trinajstić information content (AvgIpc) is 3.30. The number of morpholine rings is 1. The summed E-state index contributed by atoms with van der Waals surface area (Å²) in [6.07, 6.45) is 2.87. The first-order chi connectivity index (χ1) is 14.3. The van der Waals surface area contributed by atoms with Gasteiger partial charge in [0.1, 0.15) is 12.4 Å². The van der Waals surface area contributed by atoms with E-state index in [0.717, 1.165) is 69.8 Å². The molecule has 2 fully saturated rings. The van der Waals surface area contributed by atoms with E-state index in [2.05, 4.69) is 33.2 Å². The Bertz CT molecular complexity index is 655. The van der Waals surface area contributed by atoms with Gasteiger partial charge in [-0.05, 0) is 12.5 Å². The van der Waals surface area contributed by atoms with Crippen molar-refractivity contribution in [2.75, 3.05) is 59.7 Å². The molecule has 0 radical (unpaired) electrons. The van der Waals surface area contributed by atoms with Crippen molar-refractivity contribution < 1.29 is 14.2 Å². The molecule has 2 heterocycles.